The summed E-state index contributed by atoms with van der Waals surface area (Å²) in [6.07, 6.45) is 10.7. The number of hydrogen-bond acceptors (Lipinski definition) is 1. The highest BCUT2D eigenvalue weighted by Gasteiger charge is 2.10. The second-order valence-electron chi connectivity index (χ2n) is 5.24. The summed E-state index contributed by atoms with van der Waals surface area (Å²) < 4.78 is 16.6. The van der Waals surface area contributed by atoms with Crippen LogP contribution in [0.25, 0.3) is 0 Å². The first kappa shape index (κ1) is 25.3. The van der Waals surface area contributed by atoms with Gasteiger partial charge in [-0.05, 0) is 49.8 Å². The van der Waals surface area contributed by atoms with E-state index in [0.29, 0.717) is 6.54 Å². The van der Waals surface area contributed by atoms with E-state index >= 15 is 0 Å². The predicted octanol–water partition coefficient (Wildman–Crippen LogP) is 5.23. The molecule has 0 radical (unpaired) electrons. The van der Waals surface area contributed by atoms with Crippen molar-refractivity contribution < 1.29 is 4.21 Å². The molecule has 0 amide bonds. The quantitative estimate of drug-likeness (QED) is 0.576. The van der Waals surface area contributed by atoms with Crippen molar-refractivity contribution in [3.8, 4) is 0 Å². The van der Waals surface area contributed by atoms with Gasteiger partial charge in [0, 0.05) is 6.54 Å². The van der Waals surface area contributed by atoms with Crippen molar-refractivity contribution in [1.29, 1.82) is 0 Å². The van der Waals surface area contributed by atoms with E-state index in [9.17, 15) is 4.21 Å². The Kier molecular flexibility index (Phi) is 17.8. The third-order valence-corrected chi connectivity index (χ3v) is 4.31. The van der Waals surface area contributed by atoms with Gasteiger partial charge in [-0.2, -0.15) is 0 Å². The standard InChI is InChI=1S/C16H26N2OS.2C2H6/c1-13-6-9-16(10-7-13)15(3)8-5-14(2)11-12-18-20(19)17-4;2*1-2/h5,8-9,13,17-18H,2-3,6-7,10-12H2,1,4H3;2*1-2H3/b8-5-;;. The number of allylic oxidation sites excluding steroid dienone is 5. The second-order valence-corrected chi connectivity index (χ2v) is 6.48. The van der Waals surface area contributed by atoms with Gasteiger partial charge in [0.05, 0.1) is 0 Å². The molecule has 4 heteroatoms. The van der Waals surface area contributed by atoms with Crippen molar-refractivity contribution >= 4 is 11.2 Å². The van der Waals surface area contributed by atoms with Gasteiger partial charge in [0.1, 0.15) is 0 Å². The van der Waals surface area contributed by atoms with Crippen LogP contribution in [-0.4, -0.2) is 17.8 Å². The van der Waals surface area contributed by atoms with Crippen LogP contribution in [0.5, 0.6) is 0 Å². The van der Waals surface area contributed by atoms with Gasteiger partial charge in [0.15, 0.2) is 11.2 Å². The molecule has 0 fully saturated rings. The number of rotatable bonds is 8. The summed E-state index contributed by atoms with van der Waals surface area (Å²) in [5.41, 5.74) is 3.46. The SMILES string of the molecule is C=C(/C=C\C(=C)C1=CCC(C)CC1)CCNS(=O)NC.CC.CC. The molecule has 140 valence electrons. The van der Waals surface area contributed by atoms with E-state index in [0.717, 1.165) is 36.3 Å². The van der Waals surface area contributed by atoms with E-state index in [1.165, 1.54) is 12.0 Å². The van der Waals surface area contributed by atoms with Gasteiger partial charge in [-0.15, -0.1) is 0 Å². The highest BCUT2D eigenvalue weighted by atomic mass is 32.2. The van der Waals surface area contributed by atoms with Crippen LogP contribution in [0, 0.1) is 5.92 Å². The number of nitrogens with one attached hydrogen (secondary N) is 2. The molecule has 0 aliphatic heterocycles. The van der Waals surface area contributed by atoms with Crippen molar-refractivity contribution in [2.45, 2.75) is 60.3 Å². The van der Waals surface area contributed by atoms with E-state index < -0.39 is 11.2 Å². The van der Waals surface area contributed by atoms with Crippen molar-refractivity contribution in [3.05, 3.63) is 48.1 Å². The molecule has 0 aromatic heterocycles. The van der Waals surface area contributed by atoms with Crippen LogP contribution in [0.3, 0.4) is 0 Å². The van der Waals surface area contributed by atoms with Crippen molar-refractivity contribution in [2.24, 2.45) is 5.92 Å². The summed E-state index contributed by atoms with van der Waals surface area (Å²) in [6.45, 7) is 19.1. The first-order valence-corrected chi connectivity index (χ1v) is 10.2. The molecule has 0 saturated carbocycles. The Hall–Kier alpha value is -0.970. The van der Waals surface area contributed by atoms with E-state index in [-0.39, 0.29) is 0 Å². The lowest BCUT2D eigenvalue weighted by Gasteiger charge is -2.18. The van der Waals surface area contributed by atoms with Gasteiger partial charge in [-0.25, -0.2) is 13.7 Å². The van der Waals surface area contributed by atoms with Gasteiger partial charge in [-0.1, -0.05) is 71.6 Å². The van der Waals surface area contributed by atoms with Crippen molar-refractivity contribution in [2.75, 3.05) is 13.6 Å². The van der Waals surface area contributed by atoms with E-state index in [2.05, 4.69) is 35.6 Å². The molecule has 1 aliphatic carbocycles. The molecule has 1 rings (SSSR count). The zero-order valence-electron chi connectivity index (χ0n) is 16.6. The van der Waals surface area contributed by atoms with Crippen LogP contribution >= 0.6 is 0 Å². The Labute approximate surface area is 153 Å². The molecule has 0 aromatic rings. The molecule has 0 heterocycles. The molecule has 0 spiro atoms. The largest absolute Gasteiger partial charge is 0.228 e. The molecule has 1 aliphatic rings. The van der Waals surface area contributed by atoms with Gasteiger partial charge >= 0.3 is 0 Å². The monoisotopic (exact) mass is 354 g/mol. The van der Waals surface area contributed by atoms with Crippen LogP contribution in [0.1, 0.15) is 60.3 Å². The average Bonchev–Trinajstić information content (AvgIpc) is 2.63. The molecule has 2 N–H and O–H groups in total. The lowest BCUT2D eigenvalue weighted by Crippen LogP contribution is -2.28. The van der Waals surface area contributed by atoms with Crippen LogP contribution in [0.15, 0.2) is 48.1 Å². The molecule has 0 bridgehead atoms. The highest BCUT2D eigenvalue weighted by molar-refractivity contribution is 7.80. The number of hydrogen-bond donors (Lipinski definition) is 2. The highest BCUT2D eigenvalue weighted by Crippen LogP contribution is 2.27. The molecule has 2 unspecified atom stereocenters. The molecule has 0 aromatic carbocycles. The normalized spacial score (nSPS) is 17.8. The van der Waals surface area contributed by atoms with Crippen molar-refractivity contribution in [1.82, 2.24) is 9.44 Å². The predicted molar refractivity (Wildman–Crippen MR) is 111 cm³/mol. The smallest absolute Gasteiger partial charge is 0.166 e. The molecule has 3 nitrogen and oxygen atoms in total. The Balaban J connectivity index is 0. The van der Waals surface area contributed by atoms with Crippen LogP contribution in [0.2, 0.25) is 0 Å². The van der Waals surface area contributed by atoms with Gasteiger partial charge in [0.25, 0.3) is 0 Å². The lowest BCUT2D eigenvalue weighted by atomic mass is 9.88. The Bertz CT molecular complexity index is 439. The third-order valence-electron chi connectivity index (χ3n) is 3.47. The van der Waals surface area contributed by atoms with Gasteiger partial charge in [-0.3, -0.25) is 0 Å². The fourth-order valence-electron chi connectivity index (χ4n) is 2.04. The maximum atomic E-state index is 11.1. The minimum Gasteiger partial charge on any atom is -0.228 e. The minimum atomic E-state index is -1.16. The molecular formula is C20H38N2OS. The summed E-state index contributed by atoms with van der Waals surface area (Å²) in [5, 5.41) is 0. The first-order valence-electron chi connectivity index (χ1n) is 9.09. The van der Waals surface area contributed by atoms with Crippen molar-refractivity contribution in [3.63, 3.8) is 0 Å². The maximum Gasteiger partial charge on any atom is 0.166 e. The van der Waals surface area contributed by atoms with E-state index in [1.807, 2.05) is 39.8 Å². The molecule has 2 atom stereocenters. The van der Waals surface area contributed by atoms with Gasteiger partial charge in [0.2, 0.25) is 0 Å². The summed E-state index contributed by atoms with van der Waals surface area (Å²) in [7, 11) is 1.65. The van der Waals surface area contributed by atoms with E-state index in [4.69, 9.17) is 0 Å². The van der Waals surface area contributed by atoms with Crippen LogP contribution in [0.4, 0.5) is 0 Å². The maximum absolute atomic E-state index is 11.1. The summed E-state index contributed by atoms with van der Waals surface area (Å²) in [5.74, 6) is 0.796. The zero-order chi connectivity index (χ0) is 19.0. The van der Waals surface area contributed by atoms with E-state index in [1.54, 1.807) is 7.05 Å². The van der Waals surface area contributed by atoms with Crippen LogP contribution < -0.4 is 9.44 Å². The Morgan fingerprint density at radius 1 is 1.29 bits per heavy atom. The minimum absolute atomic E-state index is 0.642. The summed E-state index contributed by atoms with van der Waals surface area (Å²) in [6, 6.07) is 0. The molecule has 0 saturated heterocycles. The lowest BCUT2D eigenvalue weighted by molar-refractivity contribution is 0.517. The Morgan fingerprint density at radius 3 is 2.42 bits per heavy atom. The molecule has 24 heavy (non-hydrogen) atoms. The summed E-state index contributed by atoms with van der Waals surface area (Å²) in [4.78, 5) is 0. The summed E-state index contributed by atoms with van der Waals surface area (Å²) >= 11 is -1.16. The Morgan fingerprint density at radius 2 is 1.92 bits per heavy atom. The fourth-order valence-corrected chi connectivity index (χ4v) is 2.47. The van der Waals surface area contributed by atoms with Gasteiger partial charge < -0.3 is 0 Å². The third kappa shape index (κ3) is 12.5. The fraction of sp³-hybridized carbons (Fsp3) is 0.600. The van der Waals surface area contributed by atoms with Crippen LogP contribution in [-0.2, 0) is 11.2 Å². The topological polar surface area (TPSA) is 41.1 Å². The average molecular weight is 355 g/mol. The zero-order valence-corrected chi connectivity index (χ0v) is 17.4. The molecular weight excluding hydrogens is 316 g/mol. The second kappa shape index (κ2) is 16.9. The first-order chi connectivity index (χ1) is 11.5.